The van der Waals surface area contributed by atoms with E-state index in [9.17, 15) is 9.59 Å². The van der Waals surface area contributed by atoms with E-state index < -0.39 is 0 Å². The first kappa shape index (κ1) is 19.0. The Balaban J connectivity index is 1.68. The van der Waals surface area contributed by atoms with Gasteiger partial charge in [-0.2, -0.15) is 0 Å². The van der Waals surface area contributed by atoms with Crippen LogP contribution in [0, 0.1) is 13.8 Å². The molecule has 1 aromatic heterocycles. The average Bonchev–Trinajstić information content (AvgIpc) is 3.15. The molecule has 0 spiro atoms. The summed E-state index contributed by atoms with van der Waals surface area (Å²) in [5.74, 6) is 0.172. The fourth-order valence-corrected chi connectivity index (χ4v) is 4.28. The number of ether oxygens (including phenoxy) is 1. The number of amides is 2. The summed E-state index contributed by atoms with van der Waals surface area (Å²) in [5, 5.41) is 0. The Labute approximate surface area is 156 Å². The van der Waals surface area contributed by atoms with Crippen molar-refractivity contribution >= 4 is 11.8 Å². The zero-order valence-corrected chi connectivity index (χ0v) is 16.5. The molecule has 6 heteroatoms. The van der Waals surface area contributed by atoms with Gasteiger partial charge in [0.1, 0.15) is 6.10 Å². The van der Waals surface area contributed by atoms with Crippen LogP contribution in [-0.2, 0) is 9.53 Å². The van der Waals surface area contributed by atoms with Gasteiger partial charge in [0, 0.05) is 50.2 Å². The number of aromatic nitrogens is 1. The molecule has 0 N–H and O–H groups in total. The normalized spacial score (nSPS) is 21.3. The molecule has 3 rings (SSSR count). The van der Waals surface area contributed by atoms with Crippen molar-refractivity contribution in [2.24, 2.45) is 0 Å². The lowest BCUT2D eigenvalue weighted by atomic mass is 10.2. The lowest BCUT2D eigenvalue weighted by molar-refractivity contribution is -0.140. The molecule has 0 radical (unpaired) electrons. The predicted octanol–water partition coefficient (Wildman–Crippen LogP) is 2.54. The van der Waals surface area contributed by atoms with Gasteiger partial charge in [-0.25, -0.2) is 0 Å². The minimum absolute atomic E-state index is 0.0800. The van der Waals surface area contributed by atoms with Gasteiger partial charge in [0.05, 0.1) is 5.56 Å². The van der Waals surface area contributed by atoms with Crippen LogP contribution in [0.1, 0.15) is 60.9 Å². The van der Waals surface area contributed by atoms with Crippen molar-refractivity contribution < 1.29 is 14.3 Å². The Morgan fingerprint density at radius 3 is 2.38 bits per heavy atom. The Bertz CT molecular complexity index is 674. The highest BCUT2D eigenvalue weighted by molar-refractivity contribution is 5.95. The van der Waals surface area contributed by atoms with E-state index in [1.165, 1.54) is 0 Å². The minimum Gasteiger partial charge on any atom is -0.368 e. The van der Waals surface area contributed by atoms with E-state index in [-0.39, 0.29) is 17.9 Å². The molecular formula is C20H31N3O3. The summed E-state index contributed by atoms with van der Waals surface area (Å²) in [5.41, 5.74) is 2.93. The van der Waals surface area contributed by atoms with Gasteiger partial charge in [-0.3, -0.25) is 9.59 Å². The number of hydrogen-bond acceptors (Lipinski definition) is 3. The van der Waals surface area contributed by atoms with Gasteiger partial charge in [0.15, 0.2) is 0 Å². The van der Waals surface area contributed by atoms with Crippen LogP contribution in [0.2, 0.25) is 0 Å². The molecule has 2 amide bonds. The maximum absolute atomic E-state index is 13.1. The van der Waals surface area contributed by atoms with E-state index in [4.69, 9.17) is 4.74 Å². The smallest absolute Gasteiger partial charge is 0.255 e. The summed E-state index contributed by atoms with van der Waals surface area (Å²) in [6, 6.07) is 2.33. The molecule has 0 aliphatic carbocycles. The molecular weight excluding hydrogens is 330 g/mol. The number of aryl methyl sites for hydroxylation is 1. The van der Waals surface area contributed by atoms with Gasteiger partial charge < -0.3 is 19.1 Å². The highest BCUT2D eigenvalue weighted by Crippen LogP contribution is 2.22. The predicted molar refractivity (Wildman–Crippen MR) is 100 cm³/mol. The zero-order valence-electron chi connectivity index (χ0n) is 16.5. The third-order valence-corrected chi connectivity index (χ3v) is 5.53. The summed E-state index contributed by atoms with van der Waals surface area (Å²) in [6.07, 6.45) is 2.31. The largest absolute Gasteiger partial charge is 0.368 e. The fourth-order valence-electron chi connectivity index (χ4n) is 4.28. The molecule has 0 aromatic carbocycles. The lowest BCUT2D eigenvalue weighted by Gasteiger charge is -2.24. The van der Waals surface area contributed by atoms with E-state index >= 15 is 0 Å². The summed E-state index contributed by atoms with van der Waals surface area (Å²) >= 11 is 0. The van der Waals surface area contributed by atoms with Crippen LogP contribution in [0.5, 0.6) is 0 Å². The Morgan fingerprint density at radius 2 is 1.77 bits per heavy atom. The Hall–Kier alpha value is -1.82. The van der Waals surface area contributed by atoms with Gasteiger partial charge in [0.25, 0.3) is 11.8 Å². The van der Waals surface area contributed by atoms with E-state index in [2.05, 4.69) is 18.4 Å². The van der Waals surface area contributed by atoms with Crippen molar-refractivity contribution in [1.29, 1.82) is 0 Å². The van der Waals surface area contributed by atoms with Crippen molar-refractivity contribution in [3.05, 3.63) is 23.0 Å². The second kappa shape index (κ2) is 7.82. The molecule has 0 saturated carbocycles. The van der Waals surface area contributed by atoms with E-state index in [0.717, 1.165) is 36.2 Å². The van der Waals surface area contributed by atoms with Crippen molar-refractivity contribution in [3.63, 3.8) is 0 Å². The molecule has 3 heterocycles. The first-order chi connectivity index (χ1) is 12.4. The molecule has 26 heavy (non-hydrogen) atoms. The third-order valence-electron chi connectivity index (χ3n) is 5.53. The summed E-state index contributed by atoms with van der Waals surface area (Å²) in [7, 11) is 0. The van der Waals surface area contributed by atoms with Crippen molar-refractivity contribution in [2.45, 2.75) is 59.1 Å². The molecule has 2 aliphatic rings. The first-order valence-corrected chi connectivity index (χ1v) is 9.78. The van der Waals surface area contributed by atoms with Crippen LogP contribution in [0.3, 0.4) is 0 Å². The SMILES string of the molecule is Cc1cc(C(=O)N2CCCN(C(=O)C3CCCO3)CC2)c(C)n1C(C)C. The summed E-state index contributed by atoms with van der Waals surface area (Å²) in [4.78, 5) is 29.4. The second-order valence-corrected chi connectivity index (χ2v) is 7.72. The molecule has 2 aliphatic heterocycles. The zero-order chi connectivity index (χ0) is 18.8. The van der Waals surface area contributed by atoms with Crippen LogP contribution in [0.4, 0.5) is 0 Å². The van der Waals surface area contributed by atoms with Crippen LogP contribution in [-0.4, -0.2) is 65.1 Å². The average molecular weight is 361 g/mol. The minimum atomic E-state index is -0.276. The highest BCUT2D eigenvalue weighted by atomic mass is 16.5. The van der Waals surface area contributed by atoms with Crippen LogP contribution >= 0.6 is 0 Å². The quantitative estimate of drug-likeness (QED) is 0.831. The Morgan fingerprint density at radius 1 is 1.08 bits per heavy atom. The highest BCUT2D eigenvalue weighted by Gasteiger charge is 2.31. The number of hydrogen-bond donors (Lipinski definition) is 0. The monoisotopic (exact) mass is 361 g/mol. The maximum atomic E-state index is 13.1. The van der Waals surface area contributed by atoms with E-state index in [1.54, 1.807) is 0 Å². The van der Waals surface area contributed by atoms with Crippen LogP contribution in [0.25, 0.3) is 0 Å². The number of rotatable bonds is 3. The van der Waals surface area contributed by atoms with E-state index in [0.29, 0.717) is 38.8 Å². The van der Waals surface area contributed by atoms with Crippen LogP contribution in [0.15, 0.2) is 6.07 Å². The van der Waals surface area contributed by atoms with Crippen molar-refractivity contribution in [1.82, 2.24) is 14.4 Å². The number of nitrogens with zero attached hydrogens (tertiary/aromatic N) is 3. The molecule has 6 nitrogen and oxygen atoms in total. The molecule has 2 fully saturated rings. The van der Waals surface area contributed by atoms with Gasteiger partial charge in [-0.1, -0.05) is 0 Å². The van der Waals surface area contributed by atoms with Crippen LogP contribution < -0.4 is 0 Å². The van der Waals surface area contributed by atoms with Gasteiger partial charge in [0.2, 0.25) is 0 Å². The molecule has 2 saturated heterocycles. The Kier molecular flexibility index (Phi) is 5.70. The number of carbonyl (C=O) groups excluding carboxylic acids is 2. The van der Waals surface area contributed by atoms with Gasteiger partial charge in [-0.05, 0) is 53.0 Å². The summed E-state index contributed by atoms with van der Waals surface area (Å²) < 4.78 is 7.74. The van der Waals surface area contributed by atoms with E-state index in [1.807, 2.05) is 29.7 Å². The number of carbonyl (C=O) groups is 2. The molecule has 1 atom stereocenters. The third kappa shape index (κ3) is 3.65. The van der Waals surface area contributed by atoms with Gasteiger partial charge in [-0.15, -0.1) is 0 Å². The topological polar surface area (TPSA) is 54.8 Å². The lowest BCUT2D eigenvalue weighted by Crippen LogP contribution is -2.41. The van der Waals surface area contributed by atoms with Crippen molar-refractivity contribution in [3.8, 4) is 0 Å². The molecule has 1 unspecified atom stereocenters. The molecule has 144 valence electrons. The first-order valence-electron chi connectivity index (χ1n) is 9.78. The van der Waals surface area contributed by atoms with Crippen molar-refractivity contribution in [2.75, 3.05) is 32.8 Å². The molecule has 1 aromatic rings. The maximum Gasteiger partial charge on any atom is 0.255 e. The van der Waals surface area contributed by atoms with Gasteiger partial charge >= 0.3 is 0 Å². The second-order valence-electron chi connectivity index (χ2n) is 7.72. The molecule has 0 bridgehead atoms. The summed E-state index contributed by atoms with van der Waals surface area (Å²) in [6.45, 7) is 11.6. The fraction of sp³-hybridized carbons (Fsp3) is 0.700. The standard InChI is InChI=1S/C20H31N3O3/c1-14(2)23-15(3)13-17(16(23)4)19(24)21-8-6-9-22(11-10-21)20(25)18-7-5-12-26-18/h13-14,18H,5-12H2,1-4H3.